The van der Waals surface area contributed by atoms with Crippen molar-refractivity contribution >= 4 is 44.3 Å². The van der Waals surface area contributed by atoms with E-state index in [2.05, 4.69) is 4.99 Å². The molecule has 140 valence electrons. The van der Waals surface area contributed by atoms with Gasteiger partial charge in [0.1, 0.15) is 5.75 Å². The highest BCUT2D eigenvalue weighted by atomic mass is 32.2. The predicted molar refractivity (Wildman–Crippen MR) is 98.6 cm³/mol. The van der Waals surface area contributed by atoms with Crippen LogP contribution in [0, 0.1) is 0 Å². The van der Waals surface area contributed by atoms with Gasteiger partial charge in [-0.3, -0.25) is 9.59 Å². The lowest BCUT2D eigenvalue weighted by molar-refractivity contribution is -0.138. The Labute approximate surface area is 155 Å². The van der Waals surface area contributed by atoms with Crippen LogP contribution in [0.25, 0.3) is 0 Å². The van der Waals surface area contributed by atoms with Gasteiger partial charge >= 0.3 is 5.97 Å². The van der Waals surface area contributed by atoms with Gasteiger partial charge in [-0.2, -0.15) is 4.99 Å². The van der Waals surface area contributed by atoms with Crippen molar-refractivity contribution in [3.05, 3.63) is 24.3 Å². The number of hydrogen-bond donors (Lipinski definition) is 1. The number of benzene rings is 1. The van der Waals surface area contributed by atoms with Gasteiger partial charge in [0, 0.05) is 23.4 Å². The van der Waals surface area contributed by atoms with E-state index in [0.717, 1.165) is 0 Å². The summed E-state index contributed by atoms with van der Waals surface area (Å²) in [5, 5.41) is 8.89. The molecular formula is C16H18N2O6S2. The summed E-state index contributed by atoms with van der Waals surface area (Å²) < 4.78 is 29.3. The fourth-order valence-electron chi connectivity index (χ4n) is 3.00. The van der Waals surface area contributed by atoms with E-state index >= 15 is 0 Å². The third kappa shape index (κ3) is 4.01. The summed E-state index contributed by atoms with van der Waals surface area (Å²) in [6.07, 6.45) is -0.486. The Balaban J connectivity index is 1.93. The number of methoxy groups -OCH3 is 1. The van der Waals surface area contributed by atoms with Crippen LogP contribution in [0.15, 0.2) is 29.3 Å². The lowest BCUT2D eigenvalue weighted by Gasteiger charge is -2.24. The first kappa shape index (κ1) is 18.7. The lowest BCUT2D eigenvalue weighted by Crippen LogP contribution is -2.37. The molecule has 2 fully saturated rings. The largest absolute Gasteiger partial charge is 0.497 e. The number of hydrogen-bond acceptors (Lipinski definition) is 6. The number of anilines is 1. The zero-order valence-corrected chi connectivity index (χ0v) is 15.6. The number of sulfone groups is 1. The Morgan fingerprint density at radius 2 is 2.12 bits per heavy atom. The van der Waals surface area contributed by atoms with Crippen molar-refractivity contribution < 1.29 is 27.9 Å². The van der Waals surface area contributed by atoms with Crippen molar-refractivity contribution in [2.75, 3.05) is 23.5 Å². The van der Waals surface area contributed by atoms with E-state index in [-0.39, 0.29) is 35.6 Å². The molecule has 0 unspecified atom stereocenters. The highest BCUT2D eigenvalue weighted by Crippen LogP contribution is 2.41. The number of nitrogens with zero attached hydrogens (tertiary/aromatic N) is 2. The molecule has 2 saturated heterocycles. The highest BCUT2D eigenvalue weighted by Gasteiger charge is 2.49. The fourth-order valence-corrected chi connectivity index (χ4v) is 6.93. The monoisotopic (exact) mass is 398 g/mol. The van der Waals surface area contributed by atoms with E-state index in [4.69, 9.17) is 9.84 Å². The molecule has 1 amide bonds. The minimum Gasteiger partial charge on any atom is -0.497 e. The number of amides is 1. The molecule has 0 aliphatic carbocycles. The van der Waals surface area contributed by atoms with E-state index in [1.165, 1.54) is 18.9 Å². The molecule has 1 aromatic carbocycles. The number of carboxylic acid groups (broad SMARTS) is 1. The van der Waals surface area contributed by atoms with Crippen molar-refractivity contribution in [2.24, 2.45) is 4.99 Å². The smallest absolute Gasteiger partial charge is 0.303 e. The molecule has 2 atom stereocenters. The number of aliphatic carboxylic acids is 1. The third-order valence-corrected chi connectivity index (χ3v) is 7.38. The zero-order chi connectivity index (χ0) is 18.9. The zero-order valence-electron chi connectivity index (χ0n) is 14.0. The molecular weight excluding hydrogens is 380 g/mol. The van der Waals surface area contributed by atoms with Gasteiger partial charge in [0.05, 0.1) is 31.1 Å². The number of carbonyl (C=O) groups is 2. The van der Waals surface area contributed by atoms with Crippen molar-refractivity contribution in [1.82, 2.24) is 0 Å². The molecule has 0 spiro atoms. The number of carbonyl (C=O) groups excluding carboxylic acids is 1. The molecule has 0 bridgehead atoms. The van der Waals surface area contributed by atoms with Gasteiger partial charge in [-0.25, -0.2) is 8.42 Å². The summed E-state index contributed by atoms with van der Waals surface area (Å²) in [7, 11) is -1.61. The Bertz CT molecular complexity index is 867. The van der Waals surface area contributed by atoms with Crippen LogP contribution >= 0.6 is 11.8 Å². The topological polar surface area (TPSA) is 113 Å². The average Bonchev–Trinajstić information content (AvgIpc) is 3.03. The van der Waals surface area contributed by atoms with E-state index in [1.807, 2.05) is 0 Å². The second-order valence-electron chi connectivity index (χ2n) is 6.05. The molecule has 2 heterocycles. The second-order valence-corrected chi connectivity index (χ2v) is 9.41. The lowest BCUT2D eigenvalue weighted by atomic mass is 10.2. The van der Waals surface area contributed by atoms with Gasteiger partial charge < -0.3 is 14.7 Å². The molecule has 8 nitrogen and oxygen atoms in total. The number of rotatable bonds is 5. The summed E-state index contributed by atoms with van der Waals surface area (Å²) in [5.74, 6) is -0.973. The van der Waals surface area contributed by atoms with E-state index in [0.29, 0.717) is 16.6 Å². The van der Waals surface area contributed by atoms with Crippen molar-refractivity contribution in [3.63, 3.8) is 0 Å². The Hall–Kier alpha value is -2.07. The van der Waals surface area contributed by atoms with Crippen LogP contribution in [-0.4, -0.2) is 60.5 Å². The maximum absolute atomic E-state index is 12.0. The second kappa shape index (κ2) is 7.28. The molecule has 26 heavy (non-hydrogen) atoms. The number of ether oxygens (including phenoxy) is 1. The van der Waals surface area contributed by atoms with Gasteiger partial charge in [0.2, 0.25) is 5.91 Å². The normalized spacial score (nSPS) is 25.3. The van der Waals surface area contributed by atoms with Gasteiger partial charge in [0.25, 0.3) is 0 Å². The SMILES string of the molecule is COc1cccc(N2C(=NC(=O)CCC(=O)O)S[C@H]3CS(=O)(=O)C[C@H]32)c1. The van der Waals surface area contributed by atoms with Crippen LogP contribution in [0.5, 0.6) is 5.75 Å². The number of fused-ring (bicyclic) bond motifs is 1. The van der Waals surface area contributed by atoms with Gasteiger partial charge in [-0.1, -0.05) is 17.8 Å². The fraction of sp³-hybridized carbons (Fsp3) is 0.438. The predicted octanol–water partition coefficient (Wildman–Crippen LogP) is 1.16. The van der Waals surface area contributed by atoms with Crippen LogP contribution < -0.4 is 9.64 Å². The molecule has 1 aromatic rings. The minimum absolute atomic E-state index is 0.00971. The standard InChI is InChI=1S/C16H18N2O6S2/c1-24-11-4-2-3-10(7-11)18-12-8-26(22,23)9-13(12)25-16(18)17-14(19)5-6-15(20)21/h2-4,7,12-13H,5-6,8-9H2,1H3,(H,20,21)/t12-,13+/m1/s1. The molecule has 2 aliphatic rings. The van der Waals surface area contributed by atoms with Crippen molar-refractivity contribution in [1.29, 1.82) is 0 Å². The first-order chi connectivity index (χ1) is 12.3. The third-order valence-electron chi connectivity index (χ3n) is 4.17. The summed E-state index contributed by atoms with van der Waals surface area (Å²) in [5.41, 5.74) is 0.686. The van der Waals surface area contributed by atoms with Crippen molar-refractivity contribution in [3.8, 4) is 5.75 Å². The van der Waals surface area contributed by atoms with Gasteiger partial charge in [0.15, 0.2) is 15.0 Å². The summed E-state index contributed by atoms with van der Waals surface area (Å²) in [6, 6.07) is 6.78. The molecule has 2 aliphatic heterocycles. The van der Waals surface area contributed by atoms with E-state index < -0.39 is 21.7 Å². The quantitative estimate of drug-likeness (QED) is 0.786. The number of aliphatic imine (C=N–C) groups is 1. The van der Waals surface area contributed by atoms with Crippen molar-refractivity contribution in [2.45, 2.75) is 24.1 Å². The van der Waals surface area contributed by atoms with Crippen LogP contribution in [0.4, 0.5) is 5.69 Å². The van der Waals surface area contributed by atoms with Crippen LogP contribution in [0.3, 0.4) is 0 Å². The molecule has 3 rings (SSSR count). The number of amidine groups is 1. The summed E-state index contributed by atoms with van der Waals surface area (Å²) >= 11 is 1.25. The summed E-state index contributed by atoms with van der Waals surface area (Å²) in [6.45, 7) is 0. The Morgan fingerprint density at radius 3 is 2.81 bits per heavy atom. The molecule has 0 radical (unpaired) electrons. The first-order valence-electron chi connectivity index (χ1n) is 7.93. The Kier molecular flexibility index (Phi) is 5.24. The van der Waals surface area contributed by atoms with E-state index in [9.17, 15) is 18.0 Å². The number of thioether (sulfide) groups is 1. The maximum atomic E-state index is 12.0. The Morgan fingerprint density at radius 1 is 1.35 bits per heavy atom. The molecule has 0 aromatic heterocycles. The van der Waals surface area contributed by atoms with Crippen LogP contribution in [-0.2, 0) is 19.4 Å². The van der Waals surface area contributed by atoms with Crippen LogP contribution in [0.1, 0.15) is 12.8 Å². The minimum atomic E-state index is -3.15. The average molecular weight is 398 g/mol. The maximum Gasteiger partial charge on any atom is 0.303 e. The first-order valence-corrected chi connectivity index (χ1v) is 10.6. The molecule has 1 N–H and O–H groups in total. The van der Waals surface area contributed by atoms with Crippen LogP contribution in [0.2, 0.25) is 0 Å². The summed E-state index contributed by atoms with van der Waals surface area (Å²) in [4.78, 5) is 28.5. The molecule has 0 saturated carbocycles. The van der Waals surface area contributed by atoms with Gasteiger partial charge in [-0.15, -0.1) is 0 Å². The van der Waals surface area contributed by atoms with E-state index in [1.54, 1.807) is 29.2 Å². The van der Waals surface area contributed by atoms with Gasteiger partial charge in [-0.05, 0) is 12.1 Å². The number of carboxylic acids is 1. The molecule has 10 heteroatoms. The highest BCUT2D eigenvalue weighted by molar-refractivity contribution is 8.16.